The minimum Gasteiger partial charge on any atom is -0.374 e. The van der Waals surface area contributed by atoms with Gasteiger partial charge >= 0.3 is 0 Å². The molecule has 1 N–H and O–H groups in total. The van der Waals surface area contributed by atoms with Crippen molar-refractivity contribution < 1.29 is 9.59 Å². The van der Waals surface area contributed by atoms with Crippen molar-refractivity contribution in [3.63, 3.8) is 0 Å². The molecule has 0 bridgehead atoms. The first-order valence-corrected chi connectivity index (χ1v) is 8.53. The summed E-state index contributed by atoms with van der Waals surface area (Å²) in [7, 11) is 0. The number of terminal acetylenes is 1. The Balaban J connectivity index is 2.23. The highest BCUT2D eigenvalue weighted by atomic mass is 16.2. The Morgan fingerprint density at radius 1 is 1.18 bits per heavy atom. The van der Waals surface area contributed by atoms with Crippen LogP contribution in [0, 0.1) is 23.7 Å². The van der Waals surface area contributed by atoms with Crippen LogP contribution in [-0.2, 0) is 9.59 Å². The van der Waals surface area contributed by atoms with E-state index >= 15 is 0 Å². The van der Waals surface area contributed by atoms with Gasteiger partial charge in [-0.1, -0.05) is 36.3 Å². The van der Waals surface area contributed by atoms with E-state index in [0.29, 0.717) is 24.2 Å². The molecule has 0 aliphatic rings. The molecule has 2 aromatic rings. The number of benzene rings is 2. The summed E-state index contributed by atoms with van der Waals surface area (Å²) in [6.45, 7) is 2.14. The molecule has 0 saturated carbocycles. The molecule has 0 spiro atoms. The van der Waals surface area contributed by atoms with Gasteiger partial charge in [-0.2, -0.15) is 5.26 Å². The Morgan fingerprint density at radius 2 is 1.86 bits per heavy atom. The van der Waals surface area contributed by atoms with Crippen LogP contribution in [-0.4, -0.2) is 18.9 Å². The number of anilines is 2. The van der Waals surface area contributed by atoms with Gasteiger partial charge in [0.15, 0.2) is 0 Å². The molecule has 2 aromatic carbocycles. The van der Waals surface area contributed by atoms with E-state index in [1.165, 1.54) is 6.08 Å². The molecule has 0 radical (unpaired) electrons. The van der Waals surface area contributed by atoms with Gasteiger partial charge in [-0.3, -0.25) is 9.59 Å². The lowest BCUT2D eigenvalue weighted by atomic mass is 10.0. The zero-order valence-electron chi connectivity index (χ0n) is 15.4. The molecule has 138 valence electrons. The molecule has 5 heteroatoms. The highest BCUT2D eigenvalue weighted by molar-refractivity contribution is 6.12. The third kappa shape index (κ3) is 5.20. The summed E-state index contributed by atoms with van der Waals surface area (Å²) in [4.78, 5) is 24.1. The summed E-state index contributed by atoms with van der Waals surface area (Å²) in [6.07, 6.45) is 10.3. The molecule has 2 rings (SSSR count). The first kappa shape index (κ1) is 20.2. The molecule has 0 aliphatic heterocycles. The van der Waals surface area contributed by atoms with Gasteiger partial charge in [0.2, 0.25) is 6.41 Å². The Bertz CT molecular complexity index is 972. The van der Waals surface area contributed by atoms with Crippen molar-refractivity contribution in [2.75, 3.05) is 16.8 Å². The number of nitrogens with zero attached hydrogens (tertiary/aromatic N) is 2. The van der Waals surface area contributed by atoms with E-state index in [0.717, 1.165) is 21.7 Å². The van der Waals surface area contributed by atoms with Crippen molar-refractivity contribution >= 4 is 35.3 Å². The molecule has 0 saturated heterocycles. The lowest BCUT2D eigenvalue weighted by Crippen LogP contribution is -2.27. The van der Waals surface area contributed by atoms with Crippen molar-refractivity contribution in [1.82, 2.24) is 0 Å². The topological polar surface area (TPSA) is 73.2 Å². The van der Waals surface area contributed by atoms with Crippen LogP contribution in [0.15, 0.2) is 60.7 Å². The summed E-state index contributed by atoms with van der Waals surface area (Å²) in [5.41, 5.74) is 3.38. The van der Waals surface area contributed by atoms with Crippen LogP contribution in [0.3, 0.4) is 0 Å². The molecule has 0 aliphatic carbocycles. The number of hydrogen-bond acceptors (Lipinski definition) is 4. The SMILES string of the molecule is C#CCNc1ccc(/C(C#N)=C/c2ccc(N(C=O)C(=O)/C=C\C)cc2)cc1. The summed E-state index contributed by atoms with van der Waals surface area (Å²) >= 11 is 0. The van der Waals surface area contributed by atoms with Crippen LogP contribution in [0.1, 0.15) is 18.1 Å². The number of carbonyl (C=O) groups is 2. The number of hydrogen-bond donors (Lipinski definition) is 1. The van der Waals surface area contributed by atoms with E-state index in [1.54, 1.807) is 43.3 Å². The highest BCUT2D eigenvalue weighted by Gasteiger charge is 2.11. The number of rotatable bonds is 7. The number of imide groups is 1. The van der Waals surface area contributed by atoms with Crippen LogP contribution in [0.4, 0.5) is 11.4 Å². The summed E-state index contributed by atoms with van der Waals surface area (Å²) in [5, 5.41) is 12.6. The first-order valence-electron chi connectivity index (χ1n) is 8.53. The molecule has 0 atom stereocenters. The van der Waals surface area contributed by atoms with Crippen molar-refractivity contribution in [3.05, 3.63) is 71.8 Å². The van der Waals surface area contributed by atoms with Crippen LogP contribution in [0.25, 0.3) is 11.6 Å². The van der Waals surface area contributed by atoms with Crippen molar-refractivity contribution in [1.29, 1.82) is 5.26 Å². The summed E-state index contributed by atoms with van der Waals surface area (Å²) in [6, 6.07) is 16.4. The van der Waals surface area contributed by atoms with Crippen LogP contribution in [0.2, 0.25) is 0 Å². The average Bonchev–Trinajstić information content (AvgIpc) is 2.73. The van der Waals surface area contributed by atoms with Gasteiger partial charge in [0.1, 0.15) is 0 Å². The molecule has 28 heavy (non-hydrogen) atoms. The van der Waals surface area contributed by atoms with E-state index < -0.39 is 5.91 Å². The highest BCUT2D eigenvalue weighted by Crippen LogP contribution is 2.22. The molecular formula is C23H19N3O2. The monoisotopic (exact) mass is 369 g/mol. The summed E-state index contributed by atoms with van der Waals surface area (Å²) in [5.74, 6) is 2.08. The van der Waals surface area contributed by atoms with Crippen molar-refractivity contribution in [2.45, 2.75) is 6.92 Å². The zero-order chi connectivity index (χ0) is 20.4. The van der Waals surface area contributed by atoms with E-state index in [4.69, 9.17) is 6.42 Å². The smallest absolute Gasteiger partial charge is 0.257 e. The van der Waals surface area contributed by atoms with Crippen LogP contribution in [0.5, 0.6) is 0 Å². The number of carbonyl (C=O) groups excluding carboxylic acids is 2. The van der Waals surface area contributed by atoms with E-state index in [2.05, 4.69) is 17.3 Å². The van der Waals surface area contributed by atoms with Gasteiger partial charge in [-0.15, -0.1) is 6.42 Å². The molecule has 0 heterocycles. The number of allylic oxidation sites excluding steroid dienone is 2. The molecule has 0 fully saturated rings. The predicted molar refractivity (Wildman–Crippen MR) is 112 cm³/mol. The molecular weight excluding hydrogens is 350 g/mol. The first-order chi connectivity index (χ1) is 13.6. The minimum absolute atomic E-state index is 0.419. The predicted octanol–water partition coefficient (Wildman–Crippen LogP) is 3.86. The summed E-state index contributed by atoms with van der Waals surface area (Å²) < 4.78 is 0. The van der Waals surface area contributed by atoms with E-state index in [9.17, 15) is 14.9 Å². The lowest BCUT2D eigenvalue weighted by Gasteiger charge is -2.13. The normalized spacial score (nSPS) is 10.8. The fourth-order valence-electron chi connectivity index (χ4n) is 2.46. The second kappa shape index (κ2) is 10.2. The standard InChI is InChI=1S/C23H19N3O2/c1-3-5-23(28)26(17-27)22-12-6-18(7-13-22)15-20(16-24)19-8-10-21(11-9-19)25-14-4-2/h2-3,5-13,15,17,25H,14H2,1H3/b5-3-,20-15+. The second-order valence-corrected chi connectivity index (χ2v) is 5.71. The third-order valence-electron chi connectivity index (χ3n) is 3.85. The quantitative estimate of drug-likeness (QED) is 0.264. The second-order valence-electron chi connectivity index (χ2n) is 5.71. The minimum atomic E-state index is -0.419. The fraction of sp³-hybridized carbons (Fsp3) is 0.0870. The Kier molecular flexibility index (Phi) is 7.33. The number of nitriles is 1. The van der Waals surface area contributed by atoms with Gasteiger partial charge in [-0.05, 0) is 54.5 Å². The fourth-order valence-corrected chi connectivity index (χ4v) is 2.46. The largest absolute Gasteiger partial charge is 0.374 e. The maximum atomic E-state index is 11.9. The van der Waals surface area contributed by atoms with Crippen molar-refractivity contribution in [2.24, 2.45) is 0 Å². The Labute approximate surface area is 164 Å². The maximum Gasteiger partial charge on any atom is 0.257 e. The van der Waals surface area contributed by atoms with Crippen LogP contribution >= 0.6 is 0 Å². The Hall–Kier alpha value is -4.09. The molecule has 2 amide bonds. The molecule has 0 aromatic heterocycles. The molecule has 5 nitrogen and oxygen atoms in total. The van der Waals surface area contributed by atoms with E-state index in [1.807, 2.05) is 24.3 Å². The van der Waals surface area contributed by atoms with Gasteiger partial charge in [0.05, 0.1) is 23.9 Å². The Morgan fingerprint density at radius 3 is 2.39 bits per heavy atom. The lowest BCUT2D eigenvalue weighted by molar-refractivity contribution is -0.118. The average molecular weight is 369 g/mol. The van der Waals surface area contributed by atoms with Gasteiger partial charge < -0.3 is 5.32 Å². The third-order valence-corrected chi connectivity index (χ3v) is 3.85. The number of nitrogens with one attached hydrogen (secondary N) is 1. The molecule has 0 unspecified atom stereocenters. The van der Waals surface area contributed by atoms with E-state index in [-0.39, 0.29) is 0 Å². The zero-order valence-corrected chi connectivity index (χ0v) is 15.4. The van der Waals surface area contributed by atoms with Gasteiger partial charge in [-0.25, -0.2) is 4.90 Å². The van der Waals surface area contributed by atoms with Crippen LogP contribution < -0.4 is 10.2 Å². The maximum absolute atomic E-state index is 11.9. The number of amides is 2. The van der Waals surface area contributed by atoms with Crippen molar-refractivity contribution in [3.8, 4) is 18.4 Å². The van der Waals surface area contributed by atoms with Gasteiger partial charge in [0.25, 0.3) is 5.91 Å². The van der Waals surface area contributed by atoms with Gasteiger partial charge in [0, 0.05) is 5.69 Å².